The molecule has 0 aliphatic rings. The summed E-state index contributed by atoms with van der Waals surface area (Å²) in [6, 6.07) is 11.4. The zero-order chi connectivity index (χ0) is 14.1. The molecule has 0 aliphatic carbocycles. The number of aromatic amines is 1. The molecule has 0 spiro atoms. The minimum absolute atomic E-state index is 0.0547. The third-order valence-electron chi connectivity index (χ3n) is 2.76. The van der Waals surface area contributed by atoms with Crippen molar-refractivity contribution < 1.29 is 14.3 Å². The number of imidazole rings is 1. The molecule has 2 aromatic carbocycles. The Morgan fingerprint density at radius 1 is 1.20 bits per heavy atom. The number of aromatic nitrogens is 2. The molecule has 3 aromatic rings. The number of benzene rings is 2. The first-order valence-electron chi connectivity index (χ1n) is 5.79. The van der Waals surface area contributed by atoms with E-state index < -0.39 is 11.8 Å². The maximum Gasteiger partial charge on any atom is 0.336 e. The molecule has 0 aliphatic heterocycles. The first kappa shape index (κ1) is 12.7. The van der Waals surface area contributed by atoms with Crippen LogP contribution in [-0.2, 0) is 0 Å². The predicted molar refractivity (Wildman–Crippen MR) is 73.6 cm³/mol. The van der Waals surface area contributed by atoms with Crippen LogP contribution in [0.15, 0.2) is 52.5 Å². The lowest BCUT2D eigenvalue weighted by atomic mass is 10.2. The molecule has 0 amide bonds. The lowest BCUT2D eigenvalue weighted by molar-refractivity contribution is 0.0692. The Morgan fingerprint density at radius 2 is 2.00 bits per heavy atom. The molecule has 4 nitrogen and oxygen atoms in total. The molecular weight excluding hydrogens is 279 g/mol. The Bertz CT molecular complexity index is 768. The minimum Gasteiger partial charge on any atom is -0.478 e. The zero-order valence-corrected chi connectivity index (χ0v) is 10.9. The first-order valence-corrected chi connectivity index (χ1v) is 6.61. The Balaban J connectivity index is 2.04. The summed E-state index contributed by atoms with van der Waals surface area (Å²) >= 11 is 0.972. The number of carboxylic acid groups (broad SMARTS) is 1. The molecule has 100 valence electrons. The highest BCUT2D eigenvalue weighted by Gasteiger charge is 2.17. The van der Waals surface area contributed by atoms with Crippen molar-refractivity contribution in [2.45, 2.75) is 10.1 Å². The fourth-order valence-electron chi connectivity index (χ4n) is 1.86. The van der Waals surface area contributed by atoms with Gasteiger partial charge in [0.2, 0.25) is 0 Å². The van der Waals surface area contributed by atoms with Crippen LogP contribution in [0.4, 0.5) is 4.39 Å². The molecule has 0 atom stereocenters. The summed E-state index contributed by atoms with van der Waals surface area (Å²) in [5.74, 6) is -1.74. The summed E-state index contributed by atoms with van der Waals surface area (Å²) in [6.07, 6.45) is 0. The van der Waals surface area contributed by atoms with E-state index in [4.69, 9.17) is 5.11 Å². The van der Waals surface area contributed by atoms with Crippen molar-refractivity contribution in [1.82, 2.24) is 9.97 Å². The molecule has 3 rings (SSSR count). The van der Waals surface area contributed by atoms with E-state index in [2.05, 4.69) is 9.97 Å². The lowest BCUT2D eigenvalue weighted by Crippen LogP contribution is -2.00. The molecule has 0 fully saturated rings. The van der Waals surface area contributed by atoms with Gasteiger partial charge in [0.25, 0.3) is 0 Å². The van der Waals surface area contributed by atoms with Crippen LogP contribution >= 0.6 is 11.8 Å². The van der Waals surface area contributed by atoms with Gasteiger partial charge in [-0.05, 0) is 36.0 Å². The van der Waals surface area contributed by atoms with Crippen LogP contribution in [0.3, 0.4) is 0 Å². The fourth-order valence-corrected chi connectivity index (χ4v) is 2.78. The van der Waals surface area contributed by atoms with E-state index in [1.54, 1.807) is 0 Å². The van der Waals surface area contributed by atoms with Crippen LogP contribution in [0.2, 0.25) is 0 Å². The van der Waals surface area contributed by atoms with Crippen LogP contribution in [0, 0.1) is 5.82 Å². The number of H-pyrrole nitrogens is 1. The van der Waals surface area contributed by atoms with E-state index in [0.29, 0.717) is 5.16 Å². The van der Waals surface area contributed by atoms with E-state index in [1.807, 2.05) is 24.3 Å². The standard InChI is InChI=1S/C14H9FN2O2S/c15-9-5-3-4-8(13(18)19)12(9)20-14-16-10-6-1-2-7-11(10)17-14/h1-7H,(H,16,17)(H,18,19). The van der Waals surface area contributed by atoms with Gasteiger partial charge in [-0.15, -0.1) is 0 Å². The van der Waals surface area contributed by atoms with E-state index >= 15 is 0 Å². The monoisotopic (exact) mass is 288 g/mol. The van der Waals surface area contributed by atoms with Gasteiger partial charge >= 0.3 is 5.97 Å². The molecule has 0 saturated heterocycles. The van der Waals surface area contributed by atoms with Crippen molar-refractivity contribution in [3.8, 4) is 0 Å². The van der Waals surface area contributed by atoms with E-state index in [-0.39, 0.29) is 10.5 Å². The molecule has 1 aromatic heterocycles. The Morgan fingerprint density at radius 3 is 2.75 bits per heavy atom. The summed E-state index contributed by atoms with van der Waals surface area (Å²) in [5, 5.41) is 9.55. The summed E-state index contributed by atoms with van der Waals surface area (Å²) in [5.41, 5.74) is 1.50. The van der Waals surface area contributed by atoms with Crippen molar-refractivity contribution in [1.29, 1.82) is 0 Å². The molecule has 20 heavy (non-hydrogen) atoms. The van der Waals surface area contributed by atoms with Crippen LogP contribution in [-0.4, -0.2) is 21.0 Å². The molecule has 0 saturated carbocycles. The molecule has 1 heterocycles. The number of carboxylic acids is 1. The smallest absolute Gasteiger partial charge is 0.336 e. The maximum atomic E-state index is 13.8. The van der Waals surface area contributed by atoms with Gasteiger partial charge in [-0.2, -0.15) is 0 Å². The number of rotatable bonds is 3. The van der Waals surface area contributed by atoms with Gasteiger partial charge in [0.15, 0.2) is 5.16 Å². The third kappa shape index (κ3) is 2.25. The lowest BCUT2D eigenvalue weighted by Gasteiger charge is -2.04. The molecule has 6 heteroatoms. The fraction of sp³-hybridized carbons (Fsp3) is 0. The number of carbonyl (C=O) groups is 1. The number of nitrogens with zero attached hydrogens (tertiary/aromatic N) is 1. The summed E-state index contributed by atoms with van der Waals surface area (Å²) in [7, 11) is 0. The van der Waals surface area contributed by atoms with Crippen LogP contribution in [0.1, 0.15) is 10.4 Å². The summed E-state index contributed by atoms with van der Waals surface area (Å²) in [4.78, 5) is 18.5. The van der Waals surface area contributed by atoms with Gasteiger partial charge in [-0.25, -0.2) is 14.2 Å². The Hall–Kier alpha value is -2.34. The first-order chi connectivity index (χ1) is 9.65. The number of nitrogens with one attached hydrogen (secondary N) is 1. The second kappa shape index (κ2) is 4.97. The second-order valence-corrected chi connectivity index (χ2v) is 5.08. The van der Waals surface area contributed by atoms with Gasteiger partial charge in [0.05, 0.1) is 21.5 Å². The van der Waals surface area contributed by atoms with Crippen molar-refractivity contribution >= 4 is 28.8 Å². The number of hydrogen-bond donors (Lipinski definition) is 2. The Kier molecular flexibility index (Phi) is 3.15. The molecule has 0 unspecified atom stereocenters. The topological polar surface area (TPSA) is 66.0 Å². The predicted octanol–water partition coefficient (Wildman–Crippen LogP) is 3.55. The SMILES string of the molecule is O=C(O)c1cccc(F)c1Sc1nc2ccccc2[nH]1. The van der Waals surface area contributed by atoms with E-state index in [1.165, 1.54) is 18.2 Å². The quantitative estimate of drug-likeness (QED) is 0.773. The molecule has 2 N–H and O–H groups in total. The normalized spacial score (nSPS) is 10.8. The summed E-state index contributed by atoms with van der Waals surface area (Å²) in [6.45, 7) is 0. The van der Waals surface area contributed by atoms with Gasteiger partial charge in [-0.1, -0.05) is 18.2 Å². The van der Waals surface area contributed by atoms with Gasteiger partial charge in [0.1, 0.15) is 5.82 Å². The highest BCUT2D eigenvalue weighted by Crippen LogP contribution is 2.32. The van der Waals surface area contributed by atoms with Gasteiger partial charge < -0.3 is 10.1 Å². The maximum absolute atomic E-state index is 13.8. The number of fused-ring (bicyclic) bond motifs is 1. The molecular formula is C14H9FN2O2S. The van der Waals surface area contributed by atoms with Crippen LogP contribution in [0.5, 0.6) is 0 Å². The number of hydrogen-bond acceptors (Lipinski definition) is 3. The number of halogens is 1. The third-order valence-corrected chi connectivity index (χ3v) is 3.77. The zero-order valence-electron chi connectivity index (χ0n) is 10.1. The van der Waals surface area contributed by atoms with Crippen LogP contribution < -0.4 is 0 Å². The average Bonchev–Trinajstić information content (AvgIpc) is 2.83. The van der Waals surface area contributed by atoms with Crippen LogP contribution in [0.25, 0.3) is 11.0 Å². The molecule has 0 bridgehead atoms. The van der Waals surface area contributed by atoms with Gasteiger partial charge in [-0.3, -0.25) is 0 Å². The van der Waals surface area contributed by atoms with Crippen molar-refractivity contribution in [3.63, 3.8) is 0 Å². The average molecular weight is 288 g/mol. The van der Waals surface area contributed by atoms with Gasteiger partial charge in [0, 0.05) is 0 Å². The summed E-state index contributed by atoms with van der Waals surface area (Å²) < 4.78 is 13.8. The number of aromatic carboxylic acids is 1. The second-order valence-electron chi connectivity index (χ2n) is 4.08. The highest BCUT2D eigenvalue weighted by molar-refractivity contribution is 7.99. The van der Waals surface area contributed by atoms with E-state index in [9.17, 15) is 9.18 Å². The van der Waals surface area contributed by atoms with Crippen molar-refractivity contribution in [3.05, 3.63) is 53.8 Å². The van der Waals surface area contributed by atoms with Crippen molar-refractivity contribution in [2.24, 2.45) is 0 Å². The number of para-hydroxylation sites is 2. The van der Waals surface area contributed by atoms with E-state index in [0.717, 1.165) is 22.8 Å². The largest absolute Gasteiger partial charge is 0.478 e. The van der Waals surface area contributed by atoms with Crippen molar-refractivity contribution in [2.75, 3.05) is 0 Å². The highest BCUT2D eigenvalue weighted by atomic mass is 32.2. The minimum atomic E-state index is -1.16. The molecule has 0 radical (unpaired) electrons. The Labute approximate surface area is 117 Å².